The fourth-order valence-electron chi connectivity index (χ4n) is 2.27. The maximum atomic E-state index is 12.4. The molecule has 0 saturated heterocycles. The quantitative estimate of drug-likeness (QED) is 0.923. The highest BCUT2D eigenvalue weighted by Crippen LogP contribution is 2.15. The van der Waals surface area contributed by atoms with E-state index in [1.54, 1.807) is 11.0 Å². The maximum absolute atomic E-state index is 12.4. The van der Waals surface area contributed by atoms with Crippen LogP contribution >= 0.6 is 0 Å². The predicted octanol–water partition coefficient (Wildman–Crippen LogP) is 3.12. The molecule has 0 aliphatic heterocycles. The van der Waals surface area contributed by atoms with Crippen molar-refractivity contribution < 1.29 is 9.59 Å². The van der Waals surface area contributed by atoms with E-state index in [2.05, 4.69) is 10.3 Å². The van der Waals surface area contributed by atoms with Crippen molar-refractivity contribution in [3.63, 3.8) is 0 Å². The summed E-state index contributed by atoms with van der Waals surface area (Å²) in [5, 5.41) is 2.86. The summed E-state index contributed by atoms with van der Waals surface area (Å²) in [4.78, 5) is 30.5. The van der Waals surface area contributed by atoms with Gasteiger partial charge in [-0.25, -0.2) is 0 Å². The van der Waals surface area contributed by atoms with E-state index >= 15 is 0 Å². The van der Waals surface area contributed by atoms with Crippen molar-refractivity contribution in [3.8, 4) is 0 Å². The van der Waals surface area contributed by atoms with Gasteiger partial charge in [-0.2, -0.15) is 0 Å². The third-order valence-corrected chi connectivity index (χ3v) is 3.69. The number of hydrogen-bond donors (Lipinski definition) is 1. The van der Waals surface area contributed by atoms with Crippen LogP contribution in [0.5, 0.6) is 0 Å². The van der Waals surface area contributed by atoms with Crippen LogP contribution in [0.4, 0.5) is 5.69 Å². The van der Waals surface area contributed by atoms with E-state index in [1.165, 1.54) is 12.3 Å². The fraction of sp³-hybridized carbons (Fsp3) is 0.278. The molecule has 0 unspecified atom stereocenters. The Kier molecular flexibility index (Phi) is 5.46. The standard InChI is InChI=1S/C18H21N3O2/c1-4-21(5-2)18(23)16-12-14(10-11-19-16)17(22)20-15-9-7-6-8-13(15)3/h6-12H,4-5H2,1-3H3,(H,20,22). The number of carbonyl (C=O) groups is 2. The van der Waals surface area contributed by atoms with Gasteiger partial charge < -0.3 is 10.2 Å². The summed E-state index contributed by atoms with van der Waals surface area (Å²) in [7, 11) is 0. The van der Waals surface area contributed by atoms with Gasteiger partial charge >= 0.3 is 0 Å². The number of benzene rings is 1. The van der Waals surface area contributed by atoms with Crippen LogP contribution in [-0.4, -0.2) is 34.8 Å². The molecule has 2 aromatic rings. The Balaban J connectivity index is 2.21. The summed E-state index contributed by atoms with van der Waals surface area (Å²) in [5.74, 6) is -0.421. The number of amides is 2. The third-order valence-electron chi connectivity index (χ3n) is 3.69. The van der Waals surface area contributed by atoms with E-state index in [-0.39, 0.29) is 17.5 Å². The number of aryl methyl sites for hydroxylation is 1. The molecule has 120 valence electrons. The van der Waals surface area contributed by atoms with Crippen LogP contribution in [0.1, 0.15) is 40.3 Å². The second-order valence-corrected chi connectivity index (χ2v) is 5.18. The SMILES string of the molecule is CCN(CC)C(=O)c1cc(C(=O)Nc2ccccc2C)ccn1. The summed E-state index contributed by atoms with van der Waals surface area (Å²) < 4.78 is 0. The lowest BCUT2D eigenvalue weighted by atomic mass is 10.1. The zero-order chi connectivity index (χ0) is 16.8. The number of hydrogen-bond acceptors (Lipinski definition) is 3. The first-order chi connectivity index (χ1) is 11.1. The summed E-state index contributed by atoms with van der Waals surface area (Å²) in [6, 6.07) is 10.7. The van der Waals surface area contributed by atoms with E-state index in [1.807, 2.05) is 45.0 Å². The van der Waals surface area contributed by atoms with Gasteiger partial charge in [0.05, 0.1) is 0 Å². The molecule has 1 heterocycles. The normalized spacial score (nSPS) is 10.2. The third kappa shape index (κ3) is 3.94. The Hall–Kier alpha value is -2.69. The highest BCUT2D eigenvalue weighted by atomic mass is 16.2. The largest absolute Gasteiger partial charge is 0.338 e. The summed E-state index contributed by atoms with van der Waals surface area (Å²) in [5.41, 5.74) is 2.44. The number of anilines is 1. The molecule has 0 saturated carbocycles. The first-order valence-electron chi connectivity index (χ1n) is 7.69. The highest BCUT2D eigenvalue weighted by Gasteiger charge is 2.16. The number of aromatic nitrogens is 1. The van der Waals surface area contributed by atoms with Crippen LogP contribution in [0, 0.1) is 6.92 Å². The molecular formula is C18H21N3O2. The minimum absolute atomic E-state index is 0.166. The Bertz CT molecular complexity index is 709. The van der Waals surface area contributed by atoms with Gasteiger partial charge in [0.2, 0.25) is 0 Å². The molecule has 0 aliphatic rings. The van der Waals surface area contributed by atoms with E-state index in [9.17, 15) is 9.59 Å². The summed E-state index contributed by atoms with van der Waals surface area (Å²) in [6.07, 6.45) is 1.49. The zero-order valence-corrected chi connectivity index (χ0v) is 13.7. The average molecular weight is 311 g/mol. The van der Waals surface area contributed by atoms with E-state index in [0.717, 1.165) is 11.3 Å². The number of pyridine rings is 1. The Labute approximate surface area is 136 Å². The van der Waals surface area contributed by atoms with Gasteiger partial charge in [-0.15, -0.1) is 0 Å². The van der Waals surface area contributed by atoms with Crippen molar-refractivity contribution in [2.45, 2.75) is 20.8 Å². The molecule has 0 fully saturated rings. The first-order valence-corrected chi connectivity index (χ1v) is 7.69. The Morgan fingerprint density at radius 1 is 1.13 bits per heavy atom. The molecule has 23 heavy (non-hydrogen) atoms. The maximum Gasteiger partial charge on any atom is 0.272 e. The molecule has 1 N–H and O–H groups in total. The van der Waals surface area contributed by atoms with Gasteiger partial charge in [0, 0.05) is 30.5 Å². The van der Waals surface area contributed by atoms with Crippen molar-refractivity contribution in [2.75, 3.05) is 18.4 Å². The summed E-state index contributed by atoms with van der Waals surface area (Å²) in [6.45, 7) is 6.97. The number of rotatable bonds is 5. The van der Waals surface area contributed by atoms with E-state index < -0.39 is 0 Å². The molecule has 2 rings (SSSR count). The lowest BCUT2D eigenvalue weighted by Crippen LogP contribution is -2.31. The Morgan fingerprint density at radius 2 is 1.83 bits per heavy atom. The van der Waals surface area contributed by atoms with Crippen molar-refractivity contribution >= 4 is 17.5 Å². The monoisotopic (exact) mass is 311 g/mol. The molecule has 5 heteroatoms. The van der Waals surface area contributed by atoms with Crippen molar-refractivity contribution in [1.29, 1.82) is 0 Å². The highest BCUT2D eigenvalue weighted by molar-refractivity contribution is 6.06. The Morgan fingerprint density at radius 3 is 2.48 bits per heavy atom. The first kappa shape index (κ1) is 16.7. The number of nitrogens with one attached hydrogen (secondary N) is 1. The van der Waals surface area contributed by atoms with Crippen LogP contribution in [0.15, 0.2) is 42.6 Å². The molecule has 0 atom stereocenters. The molecule has 0 bridgehead atoms. The second kappa shape index (κ2) is 7.54. The topological polar surface area (TPSA) is 62.3 Å². The van der Waals surface area contributed by atoms with Gasteiger partial charge in [-0.05, 0) is 44.5 Å². The van der Waals surface area contributed by atoms with Gasteiger partial charge in [0.15, 0.2) is 0 Å². The minimum atomic E-state index is -0.254. The molecule has 0 spiro atoms. The van der Waals surface area contributed by atoms with Gasteiger partial charge in [0.1, 0.15) is 5.69 Å². The summed E-state index contributed by atoms with van der Waals surface area (Å²) >= 11 is 0. The van der Waals surface area contributed by atoms with Gasteiger partial charge in [-0.1, -0.05) is 18.2 Å². The molecule has 0 aliphatic carbocycles. The molecule has 2 amide bonds. The van der Waals surface area contributed by atoms with E-state index in [0.29, 0.717) is 18.7 Å². The van der Waals surface area contributed by atoms with Crippen LogP contribution in [0.2, 0.25) is 0 Å². The van der Waals surface area contributed by atoms with Crippen LogP contribution in [-0.2, 0) is 0 Å². The molecule has 1 aromatic heterocycles. The average Bonchev–Trinajstić information content (AvgIpc) is 2.58. The fourth-order valence-corrected chi connectivity index (χ4v) is 2.27. The van der Waals surface area contributed by atoms with E-state index in [4.69, 9.17) is 0 Å². The van der Waals surface area contributed by atoms with Crippen LogP contribution < -0.4 is 5.32 Å². The van der Waals surface area contributed by atoms with Crippen LogP contribution in [0.3, 0.4) is 0 Å². The molecule has 1 aromatic carbocycles. The molecule has 5 nitrogen and oxygen atoms in total. The molecular weight excluding hydrogens is 290 g/mol. The number of nitrogens with zero attached hydrogens (tertiary/aromatic N) is 2. The van der Waals surface area contributed by atoms with Crippen molar-refractivity contribution in [3.05, 3.63) is 59.4 Å². The van der Waals surface area contributed by atoms with Crippen molar-refractivity contribution in [2.24, 2.45) is 0 Å². The second-order valence-electron chi connectivity index (χ2n) is 5.18. The predicted molar refractivity (Wildman–Crippen MR) is 90.6 cm³/mol. The lowest BCUT2D eigenvalue weighted by Gasteiger charge is -2.18. The van der Waals surface area contributed by atoms with Gasteiger partial charge in [-0.3, -0.25) is 14.6 Å². The van der Waals surface area contributed by atoms with Crippen molar-refractivity contribution in [1.82, 2.24) is 9.88 Å². The minimum Gasteiger partial charge on any atom is -0.338 e. The lowest BCUT2D eigenvalue weighted by molar-refractivity contribution is 0.0767. The molecule has 0 radical (unpaired) electrons. The smallest absolute Gasteiger partial charge is 0.272 e. The zero-order valence-electron chi connectivity index (χ0n) is 13.7. The van der Waals surface area contributed by atoms with Gasteiger partial charge in [0.25, 0.3) is 11.8 Å². The van der Waals surface area contributed by atoms with Crippen LogP contribution in [0.25, 0.3) is 0 Å². The number of para-hydroxylation sites is 1. The number of carbonyl (C=O) groups excluding carboxylic acids is 2.